The summed E-state index contributed by atoms with van der Waals surface area (Å²) in [5.41, 5.74) is 0.858. The lowest BCUT2D eigenvalue weighted by Gasteiger charge is -2.13. The molecule has 0 radical (unpaired) electrons. The molecule has 0 spiro atoms. The molecule has 5 nitrogen and oxygen atoms in total. The van der Waals surface area contributed by atoms with Crippen LogP contribution in [0.4, 0.5) is 0 Å². The van der Waals surface area contributed by atoms with Gasteiger partial charge < -0.3 is 18.6 Å². The Hall–Kier alpha value is -2.27. The number of hydrogen-bond donors (Lipinski definition) is 0. The van der Waals surface area contributed by atoms with Gasteiger partial charge in [0.15, 0.2) is 6.79 Å². The number of hydrogen-bond acceptors (Lipinski definition) is 5. The predicted octanol–water partition coefficient (Wildman–Crippen LogP) is 2.14. The zero-order valence-corrected chi connectivity index (χ0v) is 9.64. The highest BCUT2D eigenvalue weighted by molar-refractivity contribution is 5.94. The lowest BCUT2D eigenvalue weighted by molar-refractivity contribution is 0.0511. The van der Waals surface area contributed by atoms with Crippen molar-refractivity contribution in [1.29, 1.82) is 0 Å². The fraction of sp³-hybridized carbons (Fsp3) is 0.154. The summed E-state index contributed by atoms with van der Waals surface area (Å²) in [6.45, 7) is 0.134. The summed E-state index contributed by atoms with van der Waals surface area (Å²) in [4.78, 5) is 11.4. The number of ether oxygens (including phenoxy) is 3. The van der Waals surface area contributed by atoms with Gasteiger partial charge in [-0.2, -0.15) is 0 Å². The van der Waals surface area contributed by atoms with Crippen molar-refractivity contribution in [3.8, 4) is 11.5 Å². The van der Waals surface area contributed by atoms with E-state index in [4.69, 9.17) is 18.6 Å². The molecule has 1 aliphatic heterocycles. The van der Waals surface area contributed by atoms with E-state index < -0.39 is 5.63 Å². The van der Waals surface area contributed by atoms with Gasteiger partial charge in [0.05, 0.1) is 17.7 Å². The highest BCUT2D eigenvalue weighted by Crippen LogP contribution is 2.34. The summed E-state index contributed by atoms with van der Waals surface area (Å²) >= 11 is 0. The first kappa shape index (κ1) is 10.9. The Morgan fingerprint density at radius 2 is 2.17 bits per heavy atom. The van der Waals surface area contributed by atoms with Gasteiger partial charge >= 0.3 is 5.63 Å². The smallest absolute Gasteiger partial charge is 0.339 e. The summed E-state index contributed by atoms with van der Waals surface area (Å²) in [7, 11) is 1.54. The van der Waals surface area contributed by atoms with Crippen molar-refractivity contribution in [2.75, 3.05) is 13.9 Å². The molecule has 3 rings (SSSR count). The van der Waals surface area contributed by atoms with Crippen molar-refractivity contribution in [3.63, 3.8) is 0 Å². The van der Waals surface area contributed by atoms with Crippen LogP contribution in [0.2, 0.25) is 0 Å². The van der Waals surface area contributed by atoms with Crippen molar-refractivity contribution in [2.45, 2.75) is 0 Å². The Morgan fingerprint density at radius 3 is 3.00 bits per heavy atom. The van der Waals surface area contributed by atoms with E-state index in [0.29, 0.717) is 17.1 Å². The molecule has 0 saturated heterocycles. The van der Waals surface area contributed by atoms with Crippen LogP contribution in [0.1, 0.15) is 5.56 Å². The molecular weight excluding hydrogens is 236 g/mol. The maximum atomic E-state index is 11.4. The molecule has 1 aromatic heterocycles. The summed E-state index contributed by atoms with van der Waals surface area (Å²) in [6.07, 6.45) is 3.31. The molecule has 0 unspecified atom stereocenters. The summed E-state index contributed by atoms with van der Waals surface area (Å²) in [5, 5.41) is 0.766. The summed E-state index contributed by atoms with van der Waals surface area (Å²) in [6, 6.07) is 4.81. The molecule has 0 fully saturated rings. The van der Waals surface area contributed by atoms with Gasteiger partial charge in [0, 0.05) is 13.2 Å². The van der Waals surface area contributed by atoms with E-state index >= 15 is 0 Å². The van der Waals surface area contributed by atoms with Gasteiger partial charge in [-0.3, -0.25) is 0 Å². The second-order valence-corrected chi connectivity index (χ2v) is 3.79. The maximum Gasteiger partial charge on any atom is 0.339 e. The summed E-state index contributed by atoms with van der Waals surface area (Å²) < 4.78 is 20.6. The van der Waals surface area contributed by atoms with Crippen molar-refractivity contribution in [2.24, 2.45) is 0 Å². The third-order valence-corrected chi connectivity index (χ3v) is 2.60. The molecule has 0 aliphatic carbocycles. The van der Waals surface area contributed by atoms with E-state index in [1.807, 2.05) is 6.07 Å². The van der Waals surface area contributed by atoms with Crippen molar-refractivity contribution >= 4 is 17.0 Å². The van der Waals surface area contributed by atoms with Crippen LogP contribution in [0.25, 0.3) is 17.0 Å². The minimum Gasteiger partial charge on any atom is -0.467 e. The molecule has 0 amide bonds. The SMILES string of the molecule is COCOc1cc2c3c(cc(=O)oc3c1)OC=C2. The van der Waals surface area contributed by atoms with Crippen LogP contribution in [0.5, 0.6) is 11.5 Å². The fourth-order valence-corrected chi connectivity index (χ4v) is 1.89. The molecule has 92 valence electrons. The fourth-order valence-electron chi connectivity index (χ4n) is 1.89. The summed E-state index contributed by atoms with van der Waals surface area (Å²) in [5.74, 6) is 1.07. The van der Waals surface area contributed by atoms with Crippen LogP contribution >= 0.6 is 0 Å². The molecule has 18 heavy (non-hydrogen) atoms. The minimum absolute atomic E-state index is 0.134. The van der Waals surface area contributed by atoms with E-state index in [0.717, 1.165) is 10.9 Å². The van der Waals surface area contributed by atoms with Gasteiger partial charge in [0.1, 0.15) is 17.1 Å². The van der Waals surface area contributed by atoms with Gasteiger partial charge in [0.2, 0.25) is 0 Å². The molecule has 2 heterocycles. The molecule has 0 bridgehead atoms. The average molecular weight is 246 g/mol. The third-order valence-electron chi connectivity index (χ3n) is 2.60. The molecule has 1 aromatic carbocycles. The van der Waals surface area contributed by atoms with Crippen LogP contribution in [0.15, 0.2) is 33.7 Å². The minimum atomic E-state index is -0.456. The van der Waals surface area contributed by atoms with Gasteiger partial charge in [-0.1, -0.05) is 0 Å². The predicted molar refractivity (Wildman–Crippen MR) is 64.7 cm³/mol. The number of methoxy groups -OCH3 is 1. The second-order valence-electron chi connectivity index (χ2n) is 3.79. The molecule has 1 aliphatic rings. The van der Waals surface area contributed by atoms with E-state index in [1.165, 1.54) is 19.4 Å². The quantitative estimate of drug-likeness (QED) is 0.613. The normalized spacial score (nSPS) is 12.5. The zero-order chi connectivity index (χ0) is 12.5. The first-order chi connectivity index (χ1) is 8.78. The van der Waals surface area contributed by atoms with E-state index in [1.54, 1.807) is 12.1 Å². The van der Waals surface area contributed by atoms with Gasteiger partial charge in [-0.25, -0.2) is 4.79 Å². The van der Waals surface area contributed by atoms with Crippen LogP contribution in [-0.2, 0) is 4.74 Å². The van der Waals surface area contributed by atoms with Crippen LogP contribution < -0.4 is 15.1 Å². The Bertz CT molecular complexity index is 684. The van der Waals surface area contributed by atoms with E-state index in [-0.39, 0.29) is 6.79 Å². The van der Waals surface area contributed by atoms with Gasteiger partial charge in [-0.05, 0) is 17.7 Å². The Balaban J connectivity index is 2.22. The molecular formula is C13H10O5. The standard InChI is InChI=1S/C13H10O5/c1-15-7-17-9-4-8-2-3-16-10-6-12(14)18-11(5-9)13(8)10/h2-6H,7H2,1H3. The van der Waals surface area contributed by atoms with E-state index in [2.05, 4.69) is 0 Å². The number of benzene rings is 1. The highest BCUT2D eigenvalue weighted by atomic mass is 16.7. The molecule has 5 heteroatoms. The largest absolute Gasteiger partial charge is 0.467 e. The first-order valence-corrected chi connectivity index (χ1v) is 5.35. The van der Waals surface area contributed by atoms with Gasteiger partial charge in [-0.15, -0.1) is 0 Å². The Morgan fingerprint density at radius 1 is 1.28 bits per heavy atom. The maximum absolute atomic E-state index is 11.4. The van der Waals surface area contributed by atoms with Crippen LogP contribution in [0.3, 0.4) is 0 Å². The Labute approximate surface area is 102 Å². The average Bonchev–Trinajstić information content (AvgIpc) is 2.36. The lowest BCUT2D eigenvalue weighted by Crippen LogP contribution is -2.03. The first-order valence-electron chi connectivity index (χ1n) is 5.35. The van der Waals surface area contributed by atoms with Crippen LogP contribution in [0, 0.1) is 0 Å². The van der Waals surface area contributed by atoms with Crippen molar-refractivity contribution in [3.05, 3.63) is 40.4 Å². The lowest BCUT2D eigenvalue weighted by atomic mass is 10.1. The van der Waals surface area contributed by atoms with Crippen LogP contribution in [-0.4, -0.2) is 13.9 Å². The topological polar surface area (TPSA) is 57.9 Å². The zero-order valence-electron chi connectivity index (χ0n) is 9.64. The molecule has 0 saturated carbocycles. The van der Waals surface area contributed by atoms with E-state index in [9.17, 15) is 4.79 Å². The monoisotopic (exact) mass is 246 g/mol. The molecule has 0 atom stereocenters. The second kappa shape index (κ2) is 4.19. The van der Waals surface area contributed by atoms with Crippen molar-refractivity contribution in [1.82, 2.24) is 0 Å². The molecule has 0 N–H and O–H groups in total. The van der Waals surface area contributed by atoms with Crippen molar-refractivity contribution < 1.29 is 18.6 Å². The highest BCUT2D eigenvalue weighted by Gasteiger charge is 2.15. The molecule has 2 aromatic rings. The van der Waals surface area contributed by atoms with Gasteiger partial charge in [0.25, 0.3) is 0 Å². The third kappa shape index (κ3) is 1.74. The number of rotatable bonds is 3. The Kier molecular flexibility index (Phi) is 2.53.